The minimum absolute atomic E-state index is 0.211. The Bertz CT molecular complexity index is 363. The van der Waals surface area contributed by atoms with Crippen molar-refractivity contribution in [1.29, 1.82) is 0 Å². The molecule has 0 aliphatic carbocycles. The first-order chi connectivity index (χ1) is 8.26. The number of nitrogens with one attached hydrogen (secondary N) is 1. The van der Waals surface area contributed by atoms with Gasteiger partial charge >= 0.3 is 0 Å². The van der Waals surface area contributed by atoms with Gasteiger partial charge in [-0.15, -0.1) is 6.58 Å². The molecule has 0 heterocycles. The van der Waals surface area contributed by atoms with Gasteiger partial charge in [-0.05, 0) is 31.2 Å². The molecule has 0 saturated carbocycles. The first kappa shape index (κ1) is 13.6. The van der Waals surface area contributed by atoms with Crippen molar-refractivity contribution in [2.75, 3.05) is 20.8 Å². The topological polar surface area (TPSA) is 30.5 Å². The molecule has 3 nitrogen and oxygen atoms in total. The Hall–Kier alpha value is -1.48. The quantitative estimate of drug-likeness (QED) is 0.737. The summed E-state index contributed by atoms with van der Waals surface area (Å²) in [5.74, 6) is 1.71. The van der Waals surface area contributed by atoms with Crippen molar-refractivity contribution in [3.8, 4) is 11.5 Å². The van der Waals surface area contributed by atoms with Crippen LogP contribution in [0.2, 0.25) is 0 Å². The fourth-order valence-corrected chi connectivity index (χ4v) is 1.85. The summed E-state index contributed by atoms with van der Waals surface area (Å²) in [5.41, 5.74) is 1.11. The average Bonchev–Trinajstić information content (AvgIpc) is 2.37. The Morgan fingerprint density at radius 2 is 2.12 bits per heavy atom. The normalized spacial score (nSPS) is 11.9. The smallest absolute Gasteiger partial charge is 0.123 e. The maximum absolute atomic E-state index is 5.39. The second-order valence-corrected chi connectivity index (χ2v) is 3.74. The molecule has 1 aromatic carbocycles. The number of ether oxygens (including phenoxy) is 2. The van der Waals surface area contributed by atoms with E-state index in [1.54, 1.807) is 14.2 Å². The summed E-state index contributed by atoms with van der Waals surface area (Å²) >= 11 is 0. The fourth-order valence-electron chi connectivity index (χ4n) is 1.85. The second kappa shape index (κ2) is 6.97. The molecule has 1 rings (SSSR count). The van der Waals surface area contributed by atoms with E-state index >= 15 is 0 Å². The Morgan fingerprint density at radius 3 is 2.65 bits per heavy atom. The molecule has 1 atom stereocenters. The molecule has 0 aliphatic rings. The zero-order chi connectivity index (χ0) is 12.7. The van der Waals surface area contributed by atoms with Crippen LogP contribution in [-0.4, -0.2) is 20.8 Å². The molecule has 3 heteroatoms. The third-order valence-electron chi connectivity index (χ3n) is 2.67. The highest BCUT2D eigenvalue weighted by Gasteiger charge is 2.14. The van der Waals surface area contributed by atoms with Crippen LogP contribution in [0.15, 0.2) is 30.9 Å². The number of rotatable bonds is 7. The van der Waals surface area contributed by atoms with Crippen molar-refractivity contribution in [1.82, 2.24) is 5.32 Å². The molecular formula is C14H21NO2. The average molecular weight is 235 g/mol. The number of hydrogen-bond acceptors (Lipinski definition) is 3. The molecule has 17 heavy (non-hydrogen) atoms. The molecular weight excluding hydrogens is 214 g/mol. The largest absolute Gasteiger partial charge is 0.497 e. The summed E-state index contributed by atoms with van der Waals surface area (Å²) in [7, 11) is 3.35. The molecule has 1 unspecified atom stereocenters. The zero-order valence-electron chi connectivity index (χ0n) is 10.8. The summed E-state index contributed by atoms with van der Waals surface area (Å²) in [6.07, 6.45) is 2.77. The van der Waals surface area contributed by atoms with Crippen LogP contribution in [0.1, 0.15) is 24.9 Å². The molecule has 0 fully saturated rings. The molecule has 1 N–H and O–H groups in total. The van der Waals surface area contributed by atoms with Crippen molar-refractivity contribution < 1.29 is 9.47 Å². The van der Waals surface area contributed by atoms with Crippen LogP contribution < -0.4 is 14.8 Å². The fraction of sp³-hybridized carbons (Fsp3) is 0.429. The van der Waals surface area contributed by atoms with Crippen LogP contribution in [-0.2, 0) is 0 Å². The van der Waals surface area contributed by atoms with E-state index < -0.39 is 0 Å². The first-order valence-corrected chi connectivity index (χ1v) is 5.83. The van der Waals surface area contributed by atoms with Crippen molar-refractivity contribution in [3.05, 3.63) is 36.4 Å². The molecule has 94 valence electrons. The molecule has 0 amide bonds. The molecule has 0 radical (unpaired) electrons. The minimum atomic E-state index is 0.211. The van der Waals surface area contributed by atoms with E-state index in [2.05, 4.69) is 18.8 Å². The van der Waals surface area contributed by atoms with Gasteiger partial charge in [0.15, 0.2) is 0 Å². The van der Waals surface area contributed by atoms with Crippen LogP contribution in [0.5, 0.6) is 11.5 Å². The van der Waals surface area contributed by atoms with Crippen molar-refractivity contribution >= 4 is 0 Å². The standard InChI is InChI=1S/C14H21NO2/c1-5-7-13(15-6-2)12-10-11(16-3)8-9-14(12)17-4/h5,8-10,13,15H,1,6-7H2,2-4H3. The summed E-state index contributed by atoms with van der Waals surface area (Å²) in [6.45, 7) is 6.78. The third kappa shape index (κ3) is 3.49. The Kier molecular flexibility index (Phi) is 5.57. The van der Waals surface area contributed by atoms with E-state index in [0.717, 1.165) is 30.0 Å². The van der Waals surface area contributed by atoms with Crippen molar-refractivity contribution in [3.63, 3.8) is 0 Å². The van der Waals surface area contributed by atoms with Gasteiger partial charge in [0, 0.05) is 11.6 Å². The van der Waals surface area contributed by atoms with Crippen molar-refractivity contribution in [2.24, 2.45) is 0 Å². The van der Waals surface area contributed by atoms with Gasteiger partial charge in [-0.25, -0.2) is 0 Å². The molecule has 0 aromatic heterocycles. The molecule has 0 bridgehead atoms. The summed E-state index contributed by atoms with van der Waals surface area (Å²) in [6, 6.07) is 6.05. The highest BCUT2D eigenvalue weighted by molar-refractivity contribution is 5.42. The summed E-state index contributed by atoms with van der Waals surface area (Å²) in [5, 5.41) is 3.42. The monoisotopic (exact) mass is 235 g/mol. The van der Waals surface area contributed by atoms with Gasteiger partial charge in [-0.3, -0.25) is 0 Å². The van der Waals surface area contributed by atoms with Gasteiger partial charge in [0.25, 0.3) is 0 Å². The van der Waals surface area contributed by atoms with E-state index in [-0.39, 0.29) is 6.04 Å². The SMILES string of the molecule is C=CCC(NCC)c1cc(OC)ccc1OC. The minimum Gasteiger partial charge on any atom is -0.497 e. The van der Waals surface area contributed by atoms with E-state index in [1.807, 2.05) is 24.3 Å². The lowest BCUT2D eigenvalue weighted by Crippen LogP contribution is -2.21. The highest BCUT2D eigenvalue weighted by atomic mass is 16.5. The van der Waals surface area contributed by atoms with E-state index in [1.165, 1.54) is 0 Å². The zero-order valence-corrected chi connectivity index (χ0v) is 10.8. The van der Waals surface area contributed by atoms with Crippen molar-refractivity contribution in [2.45, 2.75) is 19.4 Å². The first-order valence-electron chi connectivity index (χ1n) is 5.83. The van der Waals surface area contributed by atoms with Crippen LogP contribution in [0.25, 0.3) is 0 Å². The van der Waals surface area contributed by atoms with Gasteiger partial charge in [0.1, 0.15) is 11.5 Å². The van der Waals surface area contributed by atoms with Gasteiger partial charge in [-0.2, -0.15) is 0 Å². The van der Waals surface area contributed by atoms with Gasteiger partial charge in [0.05, 0.1) is 14.2 Å². The lowest BCUT2D eigenvalue weighted by Gasteiger charge is -2.20. The van der Waals surface area contributed by atoms with E-state index in [9.17, 15) is 0 Å². The molecule has 0 saturated heterocycles. The lowest BCUT2D eigenvalue weighted by molar-refractivity contribution is 0.390. The third-order valence-corrected chi connectivity index (χ3v) is 2.67. The summed E-state index contributed by atoms with van der Waals surface area (Å²) in [4.78, 5) is 0. The second-order valence-electron chi connectivity index (χ2n) is 3.74. The van der Waals surface area contributed by atoms with Crippen LogP contribution in [0.3, 0.4) is 0 Å². The number of benzene rings is 1. The van der Waals surface area contributed by atoms with E-state index in [4.69, 9.17) is 9.47 Å². The van der Waals surface area contributed by atoms with Crippen LogP contribution in [0, 0.1) is 0 Å². The highest BCUT2D eigenvalue weighted by Crippen LogP contribution is 2.31. The predicted octanol–water partition coefficient (Wildman–Crippen LogP) is 2.93. The number of methoxy groups -OCH3 is 2. The van der Waals surface area contributed by atoms with E-state index in [0.29, 0.717) is 0 Å². The molecule has 1 aromatic rings. The van der Waals surface area contributed by atoms with Gasteiger partial charge < -0.3 is 14.8 Å². The Morgan fingerprint density at radius 1 is 1.35 bits per heavy atom. The maximum atomic E-state index is 5.39. The van der Waals surface area contributed by atoms with Crippen LogP contribution >= 0.6 is 0 Å². The lowest BCUT2D eigenvalue weighted by atomic mass is 10.0. The Labute approximate surface area is 103 Å². The van der Waals surface area contributed by atoms with Gasteiger partial charge in [0.2, 0.25) is 0 Å². The Balaban J connectivity index is 3.08. The predicted molar refractivity (Wildman–Crippen MR) is 70.8 cm³/mol. The summed E-state index contributed by atoms with van der Waals surface area (Å²) < 4.78 is 10.6. The van der Waals surface area contributed by atoms with Gasteiger partial charge in [-0.1, -0.05) is 13.0 Å². The molecule has 0 aliphatic heterocycles. The molecule has 0 spiro atoms. The van der Waals surface area contributed by atoms with Crippen LogP contribution in [0.4, 0.5) is 0 Å². The number of hydrogen-bond donors (Lipinski definition) is 1. The maximum Gasteiger partial charge on any atom is 0.123 e.